The first kappa shape index (κ1) is 17.1. The fraction of sp³-hybridized carbons (Fsp3) is 0.250. The van der Waals surface area contributed by atoms with Gasteiger partial charge < -0.3 is 0 Å². The van der Waals surface area contributed by atoms with E-state index in [1.807, 2.05) is 12.1 Å². The molecular weight excluding hydrogens is 399 g/mol. The summed E-state index contributed by atoms with van der Waals surface area (Å²) in [6.45, 7) is -0.216. The zero-order valence-corrected chi connectivity index (χ0v) is 15.5. The third-order valence-electron chi connectivity index (χ3n) is 3.51. The van der Waals surface area contributed by atoms with Crippen molar-refractivity contribution < 1.29 is 20.4 Å². The van der Waals surface area contributed by atoms with Crippen LogP contribution in [0.15, 0.2) is 24.3 Å². The minimum atomic E-state index is -0.0579. The van der Waals surface area contributed by atoms with Crippen LogP contribution in [0.25, 0.3) is 18.6 Å². The monoisotopic (exact) mass is 416 g/mol. The molecule has 0 saturated carbocycles. The summed E-state index contributed by atoms with van der Waals surface area (Å²) in [4.78, 5) is 3.80. The standard InChI is InChI=1S/C16H16O4S2Se/c17-5-9-3-11(21-13(9)7-19)15-1-2-16(23-15)12-4-10(6-18)14(8-20)22-12/h1-4,17-20H,5-8H2. The van der Waals surface area contributed by atoms with Crippen molar-refractivity contribution >= 4 is 37.2 Å². The molecule has 3 aromatic heterocycles. The number of aliphatic hydroxyl groups is 4. The van der Waals surface area contributed by atoms with Gasteiger partial charge in [0.2, 0.25) is 0 Å². The van der Waals surface area contributed by atoms with Gasteiger partial charge in [-0.25, -0.2) is 0 Å². The van der Waals surface area contributed by atoms with Crippen LogP contribution in [0.2, 0.25) is 0 Å². The van der Waals surface area contributed by atoms with Crippen molar-refractivity contribution in [1.29, 1.82) is 0 Å². The van der Waals surface area contributed by atoms with Gasteiger partial charge in [0.15, 0.2) is 0 Å². The molecule has 0 aliphatic heterocycles. The molecule has 4 N–H and O–H groups in total. The molecule has 0 bridgehead atoms. The zero-order chi connectivity index (χ0) is 16.4. The minimum absolute atomic E-state index is 0.0498. The maximum absolute atomic E-state index is 9.35. The van der Waals surface area contributed by atoms with Crippen molar-refractivity contribution in [3.8, 4) is 18.6 Å². The number of hydrogen-bond acceptors (Lipinski definition) is 6. The SMILES string of the molecule is OCc1cc(-c2ccc(-c3cc(CO)c(CO)s3)[se]2)sc1CO. The number of hydrogen-bond donors (Lipinski definition) is 4. The predicted molar refractivity (Wildman–Crippen MR) is 93.7 cm³/mol. The predicted octanol–water partition coefficient (Wildman–Crippen LogP) is 2.17. The molecule has 0 aromatic carbocycles. The summed E-state index contributed by atoms with van der Waals surface area (Å²) in [5, 5.41) is 37.4. The molecule has 122 valence electrons. The second kappa shape index (κ2) is 7.42. The van der Waals surface area contributed by atoms with Crippen LogP contribution >= 0.6 is 22.7 Å². The molecule has 3 aromatic rings. The Morgan fingerprint density at radius 3 is 1.43 bits per heavy atom. The van der Waals surface area contributed by atoms with E-state index in [4.69, 9.17) is 0 Å². The summed E-state index contributed by atoms with van der Waals surface area (Å²) in [7, 11) is 0. The molecule has 3 rings (SSSR count). The van der Waals surface area contributed by atoms with Crippen molar-refractivity contribution in [1.82, 2.24) is 0 Å². The quantitative estimate of drug-likeness (QED) is 0.466. The summed E-state index contributed by atoms with van der Waals surface area (Å²) < 4.78 is 2.44. The van der Waals surface area contributed by atoms with Crippen LogP contribution < -0.4 is 0 Å². The van der Waals surface area contributed by atoms with E-state index in [1.54, 1.807) is 0 Å². The van der Waals surface area contributed by atoms with Gasteiger partial charge in [0.1, 0.15) is 0 Å². The Balaban J connectivity index is 1.94. The fourth-order valence-electron chi connectivity index (χ4n) is 2.31. The molecule has 0 amide bonds. The molecule has 0 saturated heterocycles. The van der Waals surface area contributed by atoms with Crippen LogP contribution in [0.3, 0.4) is 0 Å². The van der Waals surface area contributed by atoms with E-state index < -0.39 is 0 Å². The first-order valence-corrected chi connectivity index (χ1v) is 10.3. The summed E-state index contributed by atoms with van der Waals surface area (Å²) in [6, 6.07) is 8.07. The molecule has 0 spiro atoms. The third-order valence-corrected chi connectivity index (χ3v) is 8.90. The van der Waals surface area contributed by atoms with E-state index in [2.05, 4.69) is 12.1 Å². The van der Waals surface area contributed by atoms with Gasteiger partial charge in [-0.05, 0) is 0 Å². The third kappa shape index (κ3) is 3.38. The molecule has 3 heterocycles. The van der Waals surface area contributed by atoms with Crippen LogP contribution in [-0.2, 0) is 26.4 Å². The van der Waals surface area contributed by atoms with Gasteiger partial charge in [-0.2, -0.15) is 0 Å². The number of aliphatic hydroxyl groups excluding tert-OH is 4. The van der Waals surface area contributed by atoms with E-state index in [1.165, 1.54) is 31.5 Å². The first-order valence-electron chi connectivity index (χ1n) is 6.97. The Bertz CT molecular complexity index is 695. The van der Waals surface area contributed by atoms with Gasteiger partial charge >= 0.3 is 148 Å². The molecule has 7 heteroatoms. The van der Waals surface area contributed by atoms with Crippen molar-refractivity contribution in [3.63, 3.8) is 0 Å². The summed E-state index contributed by atoms with van der Waals surface area (Å²) in [5.41, 5.74) is 1.58. The Hall–Kier alpha value is -0.761. The second-order valence-corrected chi connectivity index (χ2v) is 9.46. The number of rotatable bonds is 6. The molecule has 0 aliphatic rings. The topological polar surface area (TPSA) is 80.9 Å². The van der Waals surface area contributed by atoms with Crippen LogP contribution in [0.5, 0.6) is 0 Å². The van der Waals surface area contributed by atoms with Gasteiger partial charge in [0.05, 0.1) is 0 Å². The van der Waals surface area contributed by atoms with Gasteiger partial charge in [-0.3, -0.25) is 0 Å². The van der Waals surface area contributed by atoms with Gasteiger partial charge in [0.25, 0.3) is 0 Å². The molecule has 4 nitrogen and oxygen atoms in total. The van der Waals surface area contributed by atoms with Gasteiger partial charge in [-0.1, -0.05) is 0 Å². The second-order valence-electron chi connectivity index (χ2n) is 4.91. The Morgan fingerprint density at radius 1 is 0.696 bits per heavy atom. The molecule has 23 heavy (non-hydrogen) atoms. The molecule has 0 aliphatic carbocycles. The van der Waals surface area contributed by atoms with Crippen LogP contribution in [0.1, 0.15) is 20.9 Å². The van der Waals surface area contributed by atoms with Crippen LogP contribution in [-0.4, -0.2) is 34.9 Å². The fourth-order valence-corrected chi connectivity index (χ4v) is 6.92. The number of thiophene rings is 2. The van der Waals surface area contributed by atoms with E-state index in [9.17, 15) is 20.4 Å². The van der Waals surface area contributed by atoms with Crippen molar-refractivity contribution in [2.24, 2.45) is 0 Å². The zero-order valence-electron chi connectivity index (χ0n) is 12.2. The summed E-state index contributed by atoms with van der Waals surface area (Å²) in [6.07, 6.45) is 0. The van der Waals surface area contributed by atoms with Crippen molar-refractivity contribution in [2.75, 3.05) is 0 Å². The normalized spacial score (nSPS) is 11.3. The summed E-state index contributed by atoms with van der Waals surface area (Å²) in [5.74, 6) is 0. The van der Waals surface area contributed by atoms with Gasteiger partial charge in [-0.15, -0.1) is 0 Å². The maximum atomic E-state index is 9.35. The van der Waals surface area contributed by atoms with E-state index in [-0.39, 0.29) is 40.9 Å². The molecule has 0 unspecified atom stereocenters. The Labute approximate surface area is 147 Å². The van der Waals surface area contributed by atoms with Crippen molar-refractivity contribution in [3.05, 3.63) is 45.1 Å². The van der Waals surface area contributed by atoms with E-state index >= 15 is 0 Å². The Morgan fingerprint density at radius 2 is 1.13 bits per heavy atom. The molecular formula is C16H16O4S2Se. The van der Waals surface area contributed by atoms with Crippen LogP contribution in [0, 0.1) is 0 Å². The molecule has 0 radical (unpaired) electrons. The molecule has 0 atom stereocenters. The summed E-state index contributed by atoms with van der Waals surface area (Å²) >= 11 is 3.18. The van der Waals surface area contributed by atoms with Gasteiger partial charge in [0, 0.05) is 0 Å². The molecule has 0 fully saturated rings. The average molecular weight is 415 g/mol. The average Bonchev–Trinajstić information content (AvgIpc) is 3.29. The first-order chi connectivity index (χ1) is 11.2. The van der Waals surface area contributed by atoms with Crippen LogP contribution in [0.4, 0.5) is 0 Å². The van der Waals surface area contributed by atoms with Crippen molar-refractivity contribution in [2.45, 2.75) is 26.4 Å². The van der Waals surface area contributed by atoms with E-state index in [0.717, 1.165) is 30.6 Å². The Kier molecular flexibility index (Phi) is 5.51. The van der Waals surface area contributed by atoms with E-state index in [0.29, 0.717) is 0 Å².